The van der Waals surface area contributed by atoms with E-state index in [-0.39, 0.29) is 17.3 Å². The number of carbonyl (C=O) groups is 2. The van der Waals surface area contributed by atoms with Crippen molar-refractivity contribution >= 4 is 17.7 Å². The zero-order valence-electron chi connectivity index (χ0n) is 11.9. The van der Waals surface area contributed by atoms with Crippen molar-refractivity contribution in [3.8, 4) is 0 Å². The molecule has 1 fully saturated rings. The Morgan fingerprint density at radius 3 is 2.62 bits per heavy atom. The molecule has 1 saturated carbocycles. The van der Waals surface area contributed by atoms with Gasteiger partial charge in [-0.1, -0.05) is 25.3 Å². The van der Waals surface area contributed by atoms with Crippen LogP contribution in [-0.2, 0) is 4.74 Å². The second-order valence-electron chi connectivity index (χ2n) is 5.09. The van der Waals surface area contributed by atoms with Gasteiger partial charge in [0.2, 0.25) is 0 Å². The molecule has 0 radical (unpaired) electrons. The largest absolute Gasteiger partial charge is 0.465 e. The number of ether oxygens (including phenoxy) is 1. The van der Waals surface area contributed by atoms with E-state index in [4.69, 9.17) is 0 Å². The summed E-state index contributed by atoms with van der Waals surface area (Å²) in [5.74, 6) is -1.54. The van der Waals surface area contributed by atoms with Crippen LogP contribution in [0, 0.1) is 5.82 Å². The summed E-state index contributed by atoms with van der Waals surface area (Å²) in [6.45, 7) is 0. The quantitative estimate of drug-likeness (QED) is 0.842. The molecule has 21 heavy (non-hydrogen) atoms. The molecule has 1 aromatic carbocycles. The summed E-state index contributed by atoms with van der Waals surface area (Å²) in [5, 5.41) is 5.37. The van der Waals surface area contributed by atoms with Crippen LogP contribution in [0.3, 0.4) is 0 Å². The first kappa shape index (κ1) is 15.3. The maximum absolute atomic E-state index is 13.7. The molecule has 0 aliphatic heterocycles. The number of anilines is 1. The highest BCUT2D eigenvalue weighted by Gasteiger charge is 2.20. The van der Waals surface area contributed by atoms with Crippen LogP contribution in [0.25, 0.3) is 0 Å². The lowest BCUT2D eigenvalue weighted by Crippen LogP contribution is -2.39. The van der Waals surface area contributed by atoms with E-state index < -0.39 is 17.8 Å². The summed E-state index contributed by atoms with van der Waals surface area (Å²) in [6.07, 6.45) is 5.27. The van der Waals surface area contributed by atoms with E-state index in [0.29, 0.717) is 0 Å². The Balaban J connectivity index is 2.06. The average molecular weight is 294 g/mol. The number of hydrogen-bond donors (Lipinski definition) is 2. The number of benzene rings is 1. The molecule has 2 N–H and O–H groups in total. The molecule has 0 aromatic heterocycles. The normalized spacial score (nSPS) is 15.3. The van der Waals surface area contributed by atoms with Crippen LogP contribution in [0.15, 0.2) is 18.2 Å². The average Bonchev–Trinajstić information content (AvgIpc) is 2.47. The third kappa shape index (κ3) is 3.93. The number of carbonyl (C=O) groups excluding carboxylic acids is 2. The number of methoxy groups -OCH3 is 1. The molecule has 0 atom stereocenters. The minimum atomic E-state index is -0.818. The second kappa shape index (κ2) is 7.06. The van der Waals surface area contributed by atoms with Crippen molar-refractivity contribution in [2.75, 3.05) is 12.4 Å². The molecule has 0 unspecified atom stereocenters. The summed E-state index contributed by atoms with van der Waals surface area (Å²) in [6, 6.07) is 3.75. The number of hydrogen-bond acceptors (Lipinski definition) is 3. The molecule has 1 aromatic rings. The molecule has 1 aliphatic rings. The Labute approximate surface area is 122 Å². The fraction of sp³-hybridized carbons (Fsp3) is 0.467. The van der Waals surface area contributed by atoms with Gasteiger partial charge in [0.05, 0.1) is 12.8 Å². The van der Waals surface area contributed by atoms with Gasteiger partial charge < -0.3 is 15.4 Å². The zero-order valence-corrected chi connectivity index (χ0v) is 11.9. The van der Waals surface area contributed by atoms with Gasteiger partial charge in [0.25, 0.3) is 0 Å². The van der Waals surface area contributed by atoms with E-state index in [1.165, 1.54) is 25.7 Å². The van der Waals surface area contributed by atoms with Crippen LogP contribution in [0.2, 0.25) is 0 Å². The molecular formula is C15H19FN2O3. The number of rotatable bonds is 3. The van der Waals surface area contributed by atoms with Gasteiger partial charge in [-0.2, -0.15) is 0 Å². The summed E-state index contributed by atoms with van der Waals surface area (Å²) >= 11 is 0. The van der Waals surface area contributed by atoms with Crippen molar-refractivity contribution < 1.29 is 18.7 Å². The van der Waals surface area contributed by atoms with Gasteiger partial charge in [0, 0.05) is 6.04 Å². The molecule has 114 valence electrons. The van der Waals surface area contributed by atoms with Gasteiger partial charge in [0.15, 0.2) is 0 Å². The summed E-state index contributed by atoms with van der Waals surface area (Å²) in [5.41, 5.74) is -0.158. The van der Waals surface area contributed by atoms with Gasteiger partial charge >= 0.3 is 12.0 Å². The maximum Gasteiger partial charge on any atom is 0.342 e. The van der Waals surface area contributed by atoms with E-state index in [1.54, 1.807) is 0 Å². The summed E-state index contributed by atoms with van der Waals surface area (Å²) < 4.78 is 18.3. The van der Waals surface area contributed by atoms with Crippen LogP contribution < -0.4 is 10.6 Å². The lowest BCUT2D eigenvalue weighted by Gasteiger charge is -2.23. The molecule has 2 rings (SSSR count). The minimum absolute atomic E-state index is 0.107. The highest BCUT2D eigenvalue weighted by molar-refractivity contribution is 6.01. The second-order valence-corrected chi connectivity index (χ2v) is 5.09. The number of esters is 1. The van der Waals surface area contributed by atoms with Gasteiger partial charge in [-0.25, -0.2) is 14.0 Å². The van der Waals surface area contributed by atoms with E-state index in [0.717, 1.165) is 31.7 Å². The Hall–Kier alpha value is -2.11. The number of halogens is 1. The van der Waals surface area contributed by atoms with Crippen LogP contribution in [0.1, 0.15) is 42.5 Å². The van der Waals surface area contributed by atoms with Crippen molar-refractivity contribution in [2.45, 2.75) is 38.1 Å². The SMILES string of the molecule is COC(=O)c1c(F)cccc1NC(=O)NC1CCCCC1. The third-order valence-corrected chi connectivity index (χ3v) is 3.59. The van der Waals surface area contributed by atoms with Gasteiger partial charge in [-0.15, -0.1) is 0 Å². The van der Waals surface area contributed by atoms with Crippen molar-refractivity contribution in [3.05, 3.63) is 29.6 Å². The first-order valence-electron chi connectivity index (χ1n) is 7.06. The topological polar surface area (TPSA) is 67.4 Å². The highest BCUT2D eigenvalue weighted by Crippen LogP contribution is 2.21. The number of amides is 2. The molecule has 6 heteroatoms. The van der Waals surface area contributed by atoms with E-state index in [2.05, 4.69) is 15.4 Å². The molecule has 5 nitrogen and oxygen atoms in total. The number of nitrogens with one attached hydrogen (secondary N) is 2. The summed E-state index contributed by atoms with van der Waals surface area (Å²) in [7, 11) is 1.17. The lowest BCUT2D eigenvalue weighted by molar-refractivity contribution is 0.0597. The molecule has 1 aliphatic carbocycles. The maximum atomic E-state index is 13.7. The van der Waals surface area contributed by atoms with Gasteiger partial charge in [-0.3, -0.25) is 0 Å². The predicted octanol–water partition coefficient (Wildman–Crippen LogP) is 3.07. The summed E-state index contributed by atoms with van der Waals surface area (Å²) in [4.78, 5) is 23.6. The fourth-order valence-corrected chi connectivity index (χ4v) is 2.53. The first-order chi connectivity index (χ1) is 10.1. The number of urea groups is 1. The van der Waals surface area contributed by atoms with Crippen molar-refractivity contribution in [1.82, 2.24) is 5.32 Å². The molecule has 0 saturated heterocycles. The Morgan fingerprint density at radius 2 is 1.95 bits per heavy atom. The molecular weight excluding hydrogens is 275 g/mol. The van der Waals surface area contributed by atoms with E-state index in [9.17, 15) is 14.0 Å². The van der Waals surface area contributed by atoms with Gasteiger partial charge in [-0.05, 0) is 25.0 Å². The fourth-order valence-electron chi connectivity index (χ4n) is 2.53. The Morgan fingerprint density at radius 1 is 1.24 bits per heavy atom. The Kier molecular flexibility index (Phi) is 5.14. The molecule has 0 heterocycles. The van der Waals surface area contributed by atoms with Crippen LogP contribution in [0.5, 0.6) is 0 Å². The highest BCUT2D eigenvalue weighted by atomic mass is 19.1. The van der Waals surface area contributed by atoms with E-state index in [1.807, 2.05) is 0 Å². The lowest BCUT2D eigenvalue weighted by atomic mass is 9.96. The molecule has 0 bridgehead atoms. The van der Waals surface area contributed by atoms with Crippen LogP contribution in [-0.4, -0.2) is 25.2 Å². The smallest absolute Gasteiger partial charge is 0.342 e. The van der Waals surface area contributed by atoms with E-state index >= 15 is 0 Å². The minimum Gasteiger partial charge on any atom is -0.465 e. The van der Waals surface area contributed by atoms with Crippen LogP contribution >= 0.6 is 0 Å². The first-order valence-corrected chi connectivity index (χ1v) is 7.06. The molecule has 2 amide bonds. The Bertz CT molecular complexity index is 528. The zero-order chi connectivity index (χ0) is 15.2. The monoisotopic (exact) mass is 294 g/mol. The van der Waals surface area contributed by atoms with Crippen LogP contribution in [0.4, 0.5) is 14.9 Å². The molecule has 0 spiro atoms. The van der Waals surface area contributed by atoms with Crippen molar-refractivity contribution in [2.24, 2.45) is 0 Å². The predicted molar refractivity (Wildman–Crippen MR) is 76.8 cm³/mol. The van der Waals surface area contributed by atoms with Crippen molar-refractivity contribution in [3.63, 3.8) is 0 Å². The third-order valence-electron chi connectivity index (χ3n) is 3.59. The van der Waals surface area contributed by atoms with Gasteiger partial charge in [0.1, 0.15) is 11.4 Å². The van der Waals surface area contributed by atoms with Crippen molar-refractivity contribution in [1.29, 1.82) is 0 Å². The standard InChI is InChI=1S/C15H19FN2O3/c1-21-14(19)13-11(16)8-5-9-12(13)18-15(20)17-10-6-3-2-4-7-10/h5,8-10H,2-4,6-7H2,1H3,(H2,17,18,20).